The second-order valence-electron chi connectivity index (χ2n) is 6.04. The fraction of sp³-hybridized carbons (Fsp3) is 0.786. The van der Waals surface area contributed by atoms with Crippen LogP contribution < -0.4 is 5.32 Å². The molecule has 6 heteroatoms. The Kier molecular flexibility index (Phi) is 3.86. The summed E-state index contributed by atoms with van der Waals surface area (Å²) in [5.74, 6) is 1.22. The van der Waals surface area contributed by atoms with E-state index in [2.05, 4.69) is 22.0 Å². The zero-order chi connectivity index (χ0) is 14.2. The van der Waals surface area contributed by atoms with Crippen molar-refractivity contribution in [2.75, 3.05) is 24.6 Å². The van der Waals surface area contributed by atoms with Gasteiger partial charge in [0, 0.05) is 5.69 Å². The molecule has 0 unspecified atom stereocenters. The van der Waals surface area contributed by atoms with Crippen LogP contribution in [0.25, 0.3) is 0 Å². The molecule has 1 aromatic rings. The highest BCUT2D eigenvalue weighted by Gasteiger charge is 2.28. The summed E-state index contributed by atoms with van der Waals surface area (Å²) in [5.41, 5.74) is 2.60. The van der Waals surface area contributed by atoms with E-state index in [4.69, 9.17) is 0 Å². The number of hydrogen-bond donors (Lipinski definition) is 1. The van der Waals surface area contributed by atoms with E-state index in [1.54, 1.807) is 0 Å². The van der Waals surface area contributed by atoms with Crippen molar-refractivity contribution in [2.45, 2.75) is 44.6 Å². The van der Waals surface area contributed by atoms with E-state index in [1.807, 2.05) is 6.20 Å². The Morgan fingerprint density at radius 2 is 1.85 bits per heavy atom. The van der Waals surface area contributed by atoms with Crippen LogP contribution in [-0.4, -0.2) is 42.8 Å². The number of rotatable bonds is 2. The molecule has 0 saturated carbocycles. The Morgan fingerprint density at radius 3 is 2.50 bits per heavy atom. The van der Waals surface area contributed by atoms with Crippen LogP contribution >= 0.6 is 0 Å². The van der Waals surface area contributed by atoms with E-state index in [1.165, 1.54) is 24.1 Å². The fourth-order valence-corrected chi connectivity index (χ4v) is 4.93. The topological polar surface area (TPSA) is 64.0 Å². The number of piperidine rings is 1. The maximum atomic E-state index is 11.5. The second-order valence-corrected chi connectivity index (χ2v) is 8.34. The molecule has 2 saturated heterocycles. The van der Waals surface area contributed by atoms with E-state index in [-0.39, 0.29) is 6.04 Å². The maximum Gasteiger partial charge on any atom is 0.150 e. The van der Waals surface area contributed by atoms with Crippen molar-refractivity contribution < 1.29 is 8.42 Å². The summed E-state index contributed by atoms with van der Waals surface area (Å²) in [6.45, 7) is 4.29. The van der Waals surface area contributed by atoms with Crippen molar-refractivity contribution in [1.29, 1.82) is 0 Å². The molecule has 3 heterocycles. The van der Waals surface area contributed by atoms with Crippen molar-refractivity contribution in [3.8, 4) is 0 Å². The summed E-state index contributed by atoms with van der Waals surface area (Å²) in [4.78, 5) is 0. The summed E-state index contributed by atoms with van der Waals surface area (Å²) in [6, 6.07) is 0.258. The van der Waals surface area contributed by atoms with Gasteiger partial charge in [0.15, 0.2) is 0 Å². The monoisotopic (exact) mass is 297 g/mol. The lowest BCUT2D eigenvalue weighted by atomic mass is 9.90. The van der Waals surface area contributed by atoms with E-state index in [0.29, 0.717) is 30.3 Å². The second kappa shape index (κ2) is 5.48. The predicted octanol–water partition coefficient (Wildman–Crippen LogP) is 1.41. The van der Waals surface area contributed by atoms with Gasteiger partial charge in [0.05, 0.1) is 23.7 Å². The lowest BCUT2D eigenvalue weighted by Gasteiger charge is -2.25. The third kappa shape index (κ3) is 2.76. The third-order valence-corrected chi connectivity index (χ3v) is 6.45. The van der Waals surface area contributed by atoms with Gasteiger partial charge >= 0.3 is 0 Å². The van der Waals surface area contributed by atoms with Crippen molar-refractivity contribution in [1.82, 2.24) is 15.1 Å². The minimum Gasteiger partial charge on any atom is -0.317 e. The minimum absolute atomic E-state index is 0.258. The molecule has 1 N–H and O–H groups in total. The molecule has 5 nitrogen and oxygen atoms in total. The highest BCUT2D eigenvalue weighted by Crippen LogP contribution is 2.31. The molecule has 2 fully saturated rings. The molecular formula is C14H23N3O2S. The lowest BCUT2D eigenvalue weighted by molar-refractivity contribution is 0.403. The summed E-state index contributed by atoms with van der Waals surface area (Å²) < 4.78 is 25.1. The molecule has 112 valence electrons. The Balaban J connectivity index is 1.76. The summed E-state index contributed by atoms with van der Waals surface area (Å²) in [7, 11) is -2.80. The van der Waals surface area contributed by atoms with Gasteiger partial charge in [-0.1, -0.05) is 0 Å². The molecule has 0 amide bonds. The van der Waals surface area contributed by atoms with Gasteiger partial charge in [0.25, 0.3) is 0 Å². The average molecular weight is 297 g/mol. The van der Waals surface area contributed by atoms with Crippen molar-refractivity contribution in [3.05, 3.63) is 17.5 Å². The fourth-order valence-electron chi connectivity index (χ4n) is 3.46. The molecular weight excluding hydrogens is 274 g/mol. The summed E-state index contributed by atoms with van der Waals surface area (Å²) in [6.07, 6.45) is 5.76. The predicted molar refractivity (Wildman–Crippen MR) is 78.7 cm³/mol. The molecule has 0 radical (unpaired) electrons. The quantitative estimate of drug-likeness (QED) is 0.896. The minimum atomic E-state index is -2.80. The lowest BCUT2D eigenvalue weighted by Crippen LogP contribution is -2.28. The molecule has 0 aromatic carbocycles. The largest absolute Gasteiger partial charge is 0.317 e. The first kappa shape index (κ1) is 14.1. The van der Waals surface area contributed by atoms with Crippen LogP contribution in [0.2, 0.25) is 0 Å². The van der Waals surface area contributed by atoms with Crippen LogP contribution in [0, 0.1) is 6.92 Å². The van der Waals surface area contributed by atoms with E-state index in [9.17, 15) is 8.42 Å². The molecule has 0 aliphatic carbocycles. The van der Waals surface area contributed by atoms with Gasteiger partial charge in [0.1, 0.15) is 9.84 Å². The Bertz CT molecular complexity index is 559. The van der Waals surface area contributed by atoms with Crippen molar-refractivity contribution in [3.63, 3.8) is 0 Å². The van der Waals surface area contributed by atoms with Crippen LogP contribution in [-0.2, 0) is 9.84 Å². The normalized spacial score (nSPS) is 24.9. The molecule has 0 spiro atoms. The first-order chi connectivity index (χ1) is 9.57. The van der Waals surface area contributed by atoms with Crippen LogP contribution in [0.4, 0.5) is 0 Å². The van der Waals surface area contributed by atoms with Crippen molar-refractivity contribution in [2.24, 2.45) is 0 Å². The van der Waals surface area contributed by atoms with Crippen LogP contribution in [0.15, 0.2) is 6.20 Å². The van der Waals surface area contributed by atoms with Gasteiger partial charge in [-0.25, -0.2) is 8.42 Å². The Hall–Kier alpha value is -0.880. The summed E-state index contributed by atoms with van der Waals surface area (Å²) >= 11 is 0. The van der Waals surface area contributed by atoms with Gasteiger partial charge in [0.2, 0.25) is 0 Å². The van der Waals surface area contributed by atoms with E-state index < -0.39 is 9.84 Å². The number of sulfone groups is 1. The standard InChI is InChI=1S/C14H23N3O2S/c1-11-14(12-2-6-15-7-3-12)10-16-17(11)13-4-8-20(18,19)9-5-13/h10,12-13,15H,2-9H2,1H3. The highest BCUT2D eigenvalue weighted by atomic mass is 32.2. The number of hydrogen-bond acceptors (Lipinski definition) is 4. The number of aromatic nitrogens is 2. The highest BCUT2D eigenvalue weighted by molar-refractivity contribution is 7.91. The smallest absolute Gasteiger partial charge is 0.150 e. The van der Waals surface area contributed by atoms with Crippen LogP contribution in [0.1, 0.15) is 48.9 Å². The zero-order valence-corrected chi connectivity index (χ0v) is 12.8. The zero-order valence-electron chi connectivity index (χ0n) is 12.0. The third-order valence-electron chi connectivity index (χ3n) is 4.73. The molecule has 2 aliphatic heterocycles. The molecule has 1 aromatic heterocycles. The van der Waals surface area contributed by atoms with Gasteiger partial charge in [-0.2, -0.15) is 5.10 Å². The average Bonchev–Trinajstić information content (AvgIpc) is 2.82. The van der Waals surface area contributed by atoms with Gasteiger partial charge in [-0.3, -0.25) is 4.68 Å². The maximum absolute atomic E-state index is 11.5. The Labute approximate surface area is 120 Å². The first-order valence-corrected chi connectivity index (χ1v) is 9.34. The number of nitrogens with zero attached hydrogens (tertiary/aromatic N) is 2. The SMILES string of the molecule is Cc1c(C2CCNCC2)cnn1C1CCS(=O)(=O)CC1. The van der Waals surface area contributed by atoms with Gasteiger partial charge in [-0.05, 0) is 57.2 Å². The summed E-state index contributed by atoms with van der Waals surface area (Å²) in [5, 5.41) is 7.95. The molecule has 20 heavy (non-hydrogen) atoms. The Morgan fingerprint density at radius 1 is 1.20 bits per heavy atom. The molecule has 0 bridgehead atoms. The van der Waals surface area contributed by atoms with Gasteiger partial charge in [-0.15, -0.1) is 0 Å². The molecule has 2 aliphatic rings. The molecule has 3 rings (SSSR count). The van der Waals surface area contributed by atoms with Crippen molar-refractivity contribution >= 4 is 9.84 Å². The first-order valence-electron chi connectivity index (χ1n) is 7.52. The van der Waals surface area contributed by atoms with E-state index >= 15 is 0 Å². The molecule has 0 atom stereocenters. The van der Waals surface area contributed by atoms with Gasteiger partial charge < -0.3 is 5.32 Å². The number of nitrogens with one attached hydrogen (secondary N) is 1. The van der Waals surface area contributed by atoms with Crippen LogP contribution in [0.5, 0.6) is 0 Å². The van der Waals surface area contributed by atoms with E-state index in [0.717, 1.165) is 13.1 Å². The van der Waals surface area contributed by atoms with Crippen LogP contribution in [0.3, 0.4) is 0 Å².